The number of benzene rings is 2. The van der Waals surface area contributed by atoms with Gasteiger partial charge in [-0.15, -0.1) is 0 Å². The summed E-state index contributed by atoms with van der Waals surface area (Å²) in [6.45, 7) is 9.41. The number of aromatic amines is 1. The summed E-state index contributed by atoms with van der Waals surface area (Å²) in [5, 5.41) is 4.13. The topological polar surface area (TPSA) is 108 Å². The standard InChI is InChI=1S/C32H44N4O3/c1-5-36(6-2)23(4)31(38)27(18-11-10-14-22(3)37)29(33)32(39)34-21-20-26-25-17-12-13-19-28(25)35-30(26)24-15-8-7-9-16-24/h7-9,12-13,15-17,19,23,27,29,35H,5-6,10-11,14,18,20-21,33H2,1-4H3,(H,34,39)/t23-,27?,29-/m0/s1. The van der Waals surface area contributed by atoms with Crippen LogP contribution in [0.25, 0.3) is 22.2 Å². The summed E-state index contributed by atoms with van der Waals surface area (Å²) in [5.74, 6) is -0.788. The molecule has 1 aromatic heterocycles. The molecule has 1 amide bonds. The van der Waals surface area contributed by atoms with Crippen molar-refractivity contribution in [3.05, 3.63) is 60.2 Å². The number of fused-ring (bicyclic) bond motifs is 1. The van der Waals surface area contributed by atoms with Crippen LogP contribution in [0.1, 0.15) is 58.9 Å². The number of nitrogens with one attached hydrogen (secondary N) is 2. The summed E-state index contributed by atoms with van der Waals surface area (Å²) in [6, 6.07) is 17.1. The van der Waals surface area contributed by atoms with Crippen LogP contribution < -0.4 is 11.1 Å². The predicted molar refractivity (Wildman–Crippen MR) is 158 cm³/mol. The zero-order valence-electron chi connectivity index (χ0n) is 23.8. The molecular weight excluding hydrogens is 488 g/mol. The third-order valence-electron chi connectivity index (χ3n) is 7.72. The average Bonchev–Trinajstić information content (AvgIpc) is 3.31. The Morgan fingerprint density at radius 1 is 0.974 bits per heavy atom. The first-order chi connectivity index (χ1) is 18.8. The number of para-hydroxylation sites is 1. The molecule has 3 atom stereocenters. The van der Waals surface area contributed by atoms with Crippen molar-refractivity contribution in [3.63, 3.8) is 0 Å². The van der Waals surface area contributed by atoms with Crippen LogP contribution in [0, 0.1) is 5.92 Å². The Morgan fingerprint density at radius 3 is 2.31 bits per heavy atom. The Hall–Kier alpha value is -3.29. The van der Waals surface area contributed by atoms with Crippen LogP contribution in [0.4, 0.5) is 0 Å². The monoisotopic (exact) mass is 532 g/mol. The predicted octanol–water partition coefficient (Wildman–Crippen LogP) is 4.89. The second-order valence-corrected chi connectivity index (χ2v) is 10.3. The Bertz CT molecular complexity index is 1230. The first-order valence-electron chi connectivity index (χ1n) is 14.2. The molecule has 0 aliphatic rings. The Labute approximate surface area is 232 Å². The van der Waals surface area contributed by atoms with E-state index in [2.05, 4.69) is 39.5 Å². The molecule has 3 aromatic rings. The quantitative estimate of drug-likeness (QED) is 0.228. The van der Waals surface area contributed by atoms with Gasteiger partial charge < -0.3 is 20.8 Å². The first kappa shape index (κ1) is 30.3. The molecule has 0 aliphatic heterocycles. The van der Waals surface area contributed by atoms with Crippen LogP contribution in [-0.2, 0) is 20.8 Å². The van der Waals surface area contributed by atoms with E-state index in [0.29, 0.717) is 38.6 Å². The van der Waals surface area contributed by atoms with E-state index in [1.807, 2.05) is 51.1 Å². The smallest absolute Gasteiger partial charge is 0.237 e. The fourth-order valence-electron chi connectivity index (χ4n) is 5.42. The second kappa shape index (κ2) is 14.8. The Kier molecular flexibility index (Phi) is 11.4. The molecule has 3 rings (SSSR count). The van der Waals surface area contributed by atoms with Crippen molar-refractivity contribution in [1.29, 1.82) is 0 Å². The molecule has 2 aromatic carbocycles. The van der Waals surface area contributed by atoms with E-state index in [-0.39, 0.29) is 23.5 Å². The molecule has 0 saturated carbocycles. The minimum atomic E-state index is -0.940. The summed E-state index contributed by atoms with van der Waals surface area (Å²) in [6.07, 6.45) is 2.96. The van der Waals surface area contributed by atoms with Gasteiger partial charge in [-0.2, -0.15) is 0 Å². The van der Waals surface area contributed by atoms with Gasteiger partial charge in [-0.25, -0.2) is 0 Å². The second-order valence-electron chi connectivity index (χ2n) is 10.3. The normalized spacial score (nSPS) is 13.8. The van der Waals surface area contributed by atoms with Gasteiger partial charge >= 0.3 is 0 Å². The van der Waals surface area contributed by atoms with Crippen molar-refractivity contribution >= 4 is 28.4 Å². The number of carbonyl (C=O) groups is 3. The van der Waals surface area contributed by atoms with Crippen molar-refractivity contribution in [3.8, 4) is 11.3 Å². The van der Waals surface area contributed by atoms with Crippen molar-refractivity contribution in [2.75, 3.05) is 19.6 Å². The molecule has 0 bridgehead atoms. The summed E-state index contributed by atoms with van der Waals surface area (Å²) in [5.41, 5.74) is 10.8. The summed E-state index contributed by atoms with van der Waals surface area (Å²) in [4.78, 5) is 43.8. The van der Waals surface area contributed by atoms with E-state index >= 15 is 0 Å². The number of rotatable bonds is 16. The van der Waals surface area contributed by atoms with Crippen molar-refractivity contribution in [1.82, 2.24) is 15.2 Å². The molecule has 0 spiro atoms. The van der Waals surface area contributed by atoms with E-state index in [4.69, 9.17) is 5.73 Å². The number of hydrogen-bond acceptors (Lipinski definition) is 5. The number of unbranched alkanes of at least 4 members (excludes halogenated alkanes) is 1. The number of Topliss-reactive ketones (excluding diaryl/α,β-unsaturated/α-hetero) is 2. The minimum Gasteiger partial charge on any atom is -0.354 e. The number of nitrogens with zero attached hydrogens (tertiary/aromatic N) is 1. The van der Waals surface area contributed by atoms with Gasteiger partial charge in [-0.3, -0.25) is 14.5 Å². The van der Waals surface area contributed by atoms with E-state index in [9.17, 15) is 14.4 Å². The van der Waals surface area contributed by atoms with Crippen LogP contribution in [0.2, 0.25) is 0 Å². The molecule has 0 radical (unpaired) electrons. The summed E-state index contributed by atoms with van der Waals surface area (Å²) in [7, 11) is 0. The SMILES string of the molecule is CCN(CC)[C@@H](C)C(=O)C(CCCCC(C)=O)[C@H](N)C(=O)NCCc1c(-c2ccccc2)[nH]c2ccccc12. The van der Waals surface area contributed by atoms with Gasteiger partial charge in [0.2, 0.25) is 5.91 Å². The molecule has 7 heteroatoms. The number of carbonyl (C=O) groups excluding carboxylic acids is 3. The van der Waals surface area contributed by atoms with Gasteiger partial charge in [0.25, 0.3) is 0 Å². The van der Waals surface area contributed by atoms with E-state index in [1.54, 1.807) is 6.92 Å². The third-order valence-corrected chi connectivity index (χ3v) is 7.72. The molecule has 4 N–H and O–H groups in total. The molecule has 1 unspecified atom stereocenters. The molecular formula is C32H44N4O3. The van der Waals surface area contributed by atoms with Crippen LogP contribution in [-0.4, -0.2) is 59.1 Å². The van der Waals surface area contributed by atoms with Crippen LogP contribution >= 0.6 is 0 Å². The third kappa shape index (κ3) is 7.87. The van der Waals surface area contributed by atoms with Crippen molar-refractivity contribution in [2.45, 2.75) is 71.9 Å². The highest BCUT2D eigenvalue weighted by Gasteiger charge is 2.34. The summed E-state index contributed by atoms with van der Waals surface area (Å²) < 4.78 is 0. The fourth-order valence-corrected chi connectivity index (χ4v) is 5.42. The van der Waals surface area contributed by atoms with Gasteiger partial charge in [-0.05, 0) is 63.4 Å². The number of amides is 1. The average molecular weight is 533 g/mol. The number of hydrogen-bond donors (Lipinski definition) is 3. The number of aromatic nitrogens is 1. The summed E-state index contributed by atoms with van der Waals surface area (Å²) >= 11 is 0. The molecule has 0 fully saturated rings. The maximum Gasteiger partial charge on any atom is 0.237 e. The zero-order chi connectivity index (χ0) is 28.4. The highest BCUT2D eigenvalue weighted by atomic mass is 16.2. The number of H-pyrrole nitrogens is 1. The largest absolute Gasteiger partial charge is 0.354 e. The van der Waals surface area contributed by atoms with E-state index < -0.39 is 12.0 Å². The lowest BCUT2D eigenvalue weighted by molar-refractivity contribution is -0.133. The maximum atomic E-state index is 13.5. The van der Waals surface area contributed by atoms with E-state index in [0.717, 1.165) is 40.8 Å². The van der Waals surface area contributed by atoms with Crippen LogP contribution in [0.3, 0.4) is 0 Å². The zero-order valence-corrected chi connectivity index (χ0v) is 23.8. The van der Waals surface area contributed by atoms with Gasteiger partial charge in [0.15, 0.2) is 5.78 Å². The van der Waals surface area contributed by atoms with Crippen LogP contribution in [0.15, 0.2) is 54.6 Å². The van der Waals surface area contributed by atoms with E-state index in [1.165, 1.54) is 0 Å². The van der Waals surface area contributed by atoms with Gasteiger partial charge in [-0.1, -0.05) is 68.8 Å². The van der Waals surface area contributed by atoms with Crippen molar-refractivity contribution < 1.29 is 14.4 Å². The van der Waals surface area contributed by atoms with Gasteiger partial charge in [0.1, 0.15) is 5.78 Å². The molecule has 1 heterocycles. The van der Waals surface area contributed by atoms with Crippen molar-refractivity contribution in [2.24, 2.45) is 11.7 Å². The van der Waals surface area contributed by atoms with Gasteiger partial charge in [0.05, 0.1) is 12.1 Å². The molecule has 39 heavy (non-hydrogen) atoms. The number of likely N-dealkylation sites (N-methyl/N-ethyl adjacent to an activating group) is 1. The fraction of sp³-hybridized carbons (Fsp3) is 0.469. The minimum absolute atomic E-state index is 0.00725. The first-order valence-corrected chi connectivity index (χ1v) is 14.2. The maximum absolute atomic E-state index is 13.5. The molecule has 0 saturated heterocycles. The number of ketones is 2. The highest BCUT2D eigenvalue weighted by Crippen LogP contribution is 2.30. The lowest BCUT2D eigenvalue weighted by atomic mass is 9.86. The highest BCUT2D eigenvalue weighted by molar-refractivity contribution is 5.94. The molecule has 0 aliphatic carbocycles. The number of nitrogens with two attached hydrogens (primary N) is 1. The Morgan fingerprint density at radius 2 is 1.64 bits per heavy atom. The molecule has 210 valence electrons. The molecule has 7 nitrogen and oxygen atoms in total. The van der Waals surface area contributed by atoms with Crippen LogP contribution in [0.5, 0.6) is 0 Å². The lowest BCUT2D eigenvalue weighted by Gasteiger charge is -2.30. The van der Waals surface area contributed by atoms with Gasteiger partial charge in [0, 0.05) is 35.5 Å². The lowest BCUT2D eigenvalue weighted by Crippen LogP contribution is -2.52. The Balaban J connectivity index is 1.72.